The lowest BCUT2D eigenvalue weighted by atomic mass is 9.77. The van der Waals surface area contributed by atoms with Crippen molar-refractivity contribution in [2.75, 3.05) is 19.7 Å². The van der Waals surface area contributed by atoms with E-state index in [4.69, 9.17) is 4.74 Å². The summed E-state index contributed by atoms with van der Waals surface area (Å²) in [4.78, 5) is 0. The summed E-state index contributed by atoms with van der Waals surface area (Å²) in [6.45, 7) is 9.67. The van der Waals surface area contributed by atoms with Gasteiger partial charge in [-0.3, -0.25) is 0 Å². The number of hydrogen-bond acceptors (Lipinski definition) is 2. The molecule has 0 aromatic carbocycles. The molecule has 0 aromatic heterocycles. The molecule has 1 rings (SSSR count). The van der Waals surface area contributed by atoms with E-state index in [-0.39, 0.29) is 5.60 Å². The molecule has 17 heavy (non-hydrogen) atoms. The van der Waals surface area contributed by atoms with Crippen molar-refractivity contribution >= 4 is 0 Å². The molecule has 1 N–H and O–H groups in total. The third-order valence-corrected chi connectivity index (χ3v) is 4.04. The highest BCUT2D eigenvalue weighted by atomic mass is 16.5. The zero-order chi connectivity index (χ0) is 12.6. The van der Waals surface area contributed by atoms with Crippen molar-refractivity contribution in [3.63, 3.8) is 0 Å². The van der Waals surface area contributed by atoms with E-state index < -0.39 is 0 Å². The van der Waals surface area contributed by atoms with Crippen LogP contribution in [0, 0.1) is 5.92 Å². The highest BCUT2D eigenvalue weighted by Crippen LogP contribution is 2.36. The van der Waals surface area contributed by atoms with Crippen LogP contribution in [0.4, 0.5) is 0 Å². The van der Waals surface area contributed by atoms with Gasteiger partial charge in [0.05, 0.1) is 5.60 Å². The molecule has 0 radical (unpaired) electrons. The second kappa shape index (κ2) is 8.10. The van der Waals surface area contributed by atoms with Gasteiger partial charge in [-0.25, -0.2) is 0 Å². The molecule has 0 atom stereocenters. The maximum Gasteiger partial charge on any atom is 0.0806 e. The third-order valence-electron chi connectivity index (χ3n) is 4.04. The van der Waals surface area contributed by atoms with Crippen LogP contribution in [-0.2, 0) is 4.74 Å². The topological polar surface area (TPSA) is 21.3 Å². The van der Waals surface area contributed by atoms with Gasteiger partial charge in [-0.1, -0.05) is 26.7 Å². The van der Waals surface area contributed by atoms with Crippen LogP contribution in [0.2, 0.25) is 0 Å². The average molecular weight is 241 g/mol. The first kappa shape index (κ1) is 15.0. The highest BCUT2D eigenvalue weighted by molar-refractivity contribution is 4.89. The molecule has 1 saturated carbocycles. The lowest BCUT2D eigenvalue weighted by Gasteiger charge is -2.40. The third kappa shape index (κ3) is 4.97. The zero-order valence-corrected chi connectivity index (χ0v) is 12.1. The fourth-order valence-electron chi connectivity index (χ4n) is 3.07. The summed E-state index contributed by atoms with van der Waals surface area (Å²) in [5.41, 5.74) is 0.147. The average Bonchev–Trinajstić information content (AvgIpc) is 2.33. The summed E-state index contributed by atoms with van der Waals surface area (Å²) >= 11 is 0. The molecule has 0 aromatic rings. The molecule has 1 fully saturated rings. The number of rotatable bonds is 8. The Morgan fingerprint density at radius 3 is 2.35 bits per heavy atom. The molecule has 102 valence electrons. The largest absolute Gasteiger partial charge is 0.374 e. The van der Waals surface area contributed by atoms with Crippen LogP contribution in [0.3, 0.4) is 0 Å². The molecular formula is C15H31NO. The van der Waals surface area contributed by atoms with Crippen molar-refractivity contribution < 1.29 is 4.74 Å². The summed E-state index contributed by atoms with van der Waals surface area (Å²) in [6, 6.07) is 0. The van der Waals surface area contributed by atoms with E-state index in [0.29, 0.717) is 0 Å². The first-order chi connectivity index (χ1) is 8.26. The second-order valence-electron chi connectivity index (χ2n) is 5.52. The van der Waals surface area contributed by atoms with E-state index in [0.717, 1.165) is 25.6 Å². The van der Waals surface area contributed by atoms with Crippen LogP contribution in [0.5, 0.6) is 0 Å². The lowest BCUT2D eigenvalue weighted by molar-refractivity contribution is -0.0715. The monoisotopic (exact) mass is 241 g/mol. The molecule has 0 saturated heterocycles. The lowest BCUT2D eigenvalue weighted by Crippen LogP contribution is -2.46. The normalized spacial score (nSPS) is 29.5. The van der Waals surface area contributed by atoms with Crippen molar-refractivity contribution in [2.24, 2.45) is 5.92 Å². The minimum absolute atomic E-state index is 0.147. The minimum atomic E-state index is 0.147. The van der Waals surface area contributed by atoms with E-state index in [1.54, 1.807) is 0 Å². The van der Waals surface area contributed by atoms with Crippen LogP contribution in [0.15, 0.2) is 0 Å². The zero-order valence-electron chi connectivity index (χ0n) is 12.1. The first-order valence-corrected chi connectivity index (χ1v) is 7.61. The Hall–Kier alpha value is -0.0800. The number of ether oxygens (including phenoxy) is 1. The predicted molar refractivity (Wildman–Crippen MR) is 74.4 cm³/mol. The van der Waals surface area contributed by atoms with Crippen LogP contribution >= 0.6 is 0 Å². The predicted octanol–water partition coefficient (Wildman–Crippen LogP) is 3.75. The molecule has 0 unspecified atom stereocenters. The summed E-state index contributed by atoms with van der Waals surface area (Å²) in [5.74, 6) is 0.958. The van der Waals surface area contributed by atoms with Gasteiger partial charge in [0, 0.05) is 13.2 Å². The maximum absolute atomic E-state index is 6.08. The van der Waals surface area contributed by atoms with Gasteiger partial charge in [0.1, 0.15) is 0 Å². The molecule has 0 heterocycles. The summed E-state index contributed by atoms with van der Waals surface area (Å²) < 4.78 is 6.08. The van der Waals surface area contributed by atoms with Gasteiger partial charge in [0.25, 0.3) is 0 Å². The molecule has 0 bridgehead atoms. The Labute approximate surface area is 108 Å². The van der Waals surface area contributed by atoms with E-state index in [2.05, 4.69) is 26.1 Å². The Balaban J connectivity index is 2.39. The van der Waals surface area contributed by atoms with Crippen molar-refractivity contribution in [1.29, 1.82) is 0 Å². The van der Waals surface area contributed by atoms with E-state index >= 15 is 0 Å². The highest BCUT2D eigenvalue weighted by Gasteiger charge is 2.35. The molecule has 0 spiro atoms. The fraction of sp³-hybridized carbons (Fsp3) is 1.00. The molecule has 0 amide bonds. The Bertz CT molecular complexity index is 185. The molecule has 2 heteroatoms. The summed E-state index contributed by atoms with van der Waals surface area (Å²) in [5, 5.41) is 3.55. The first-order valence-electron chi connectivity index (χ1n) is 7.61. The standard InChI is InChI=1S/C15H31NO/c1-4-7-14-8-10-15(11-9-14,17-6-3)13-16-12-5-2/h14,16H,4-13H2,1-3H3. The minimum Gasteiger partial charge on any atom is -0.374 e. The molecule has 0 aliphatic heterocycles. The number of hydrogen-bond donors (Lipinski definition) is 1. The second-order valence-corrected chi connectivity index (χ2v) is 5.52. The van der Waals surface area contributed by atoms with Gasteiger partial charge in [-0.2, -0.15) is 0 Å². The van der Waals surface area contributed by atoms with Gasteiger partial charge in [0.15, 0.2) is 0 Å². The van der Waals surface area contributed by atoms with E-state index in [1.807, 2.05) is 0 Å². The van der Waals surface area contributed by atoms with Gasteiger partial charge < -0.3 is 10.1 Å². The molecule has 1 aliphatic rings. The smallest absolute Gasteiger partial charge is 0.0806 e. The van der Waals surface area contributed by atoms with Gasteiger partial charge in [-0.15, -0.1) is 0 Å². The summed E-state index contributed by atoms with van der Waals surface area (Å²) in [7, 11) is 0. The Morgan fingerprint density at radius 1 is 1.12 bits per heavy atom. The van der Waals surface area contributed by atoms with Crippen LogP contribution < -0.4 is 5.32 Å². The fourth-order valence-corrected chi connectivity index (χ4v) is 3.07. The quantitative estimate of drug-likeness (QED) is 0.653. The van der Waals surface area contributed by atoms with Gasteiger partial charge in [-0.05, 0) is 51.5 Å². The number of nitrogens with one attached hydrogen (secondary N) is 1. The molecular weight excluding hydrogens is 210 g/mol. The van der Waals surface area contributed by atoms with Crippen LogP contribution in [0.25, 0.3) is 0 Å². The van der Waals surface area contributed by atoms with Crippen molar-refractivity contribution in [1.82, 2.24) is 5.32 Å². The van der Waals surface area contributed by atoms with Crippen LogP contribution in [0.1, 0.15) is 65.7 Å². The molecule has 1 aliphatic carbocycles. The van der Waals surface area contributed by atoms with Crippen molar-refractivity contribution in [2.45, 2.75) is 71.3 Å². The van der Waals surface area contributed by atoms with Gasteiger partial charge >= 0.3 is 0 Å². The SMILES string of the molecule is CCCNCC1(OCC)CCC(CCC)CC1. The van der Waals surface area contributed by atoms with Gasteiger partial charge in [0.2, 0.25) is 0 Å². The summed E-state index contributed by atoms with van der Waals surface area (Å²) in [6.07, 6.45) is 9.18. The Kier molecular flexibility index (Phi) is 7.14. The van der Waals surface area contributed by atoms with Crippen molar-refractivity contribution in [3.05, 3.63) is 0 Å². The Morgan fingerprint density at radius 2 is 1.82 bits per heavy atom. The van der Waals surface area contributed by atoms with Crippen molar-refractivity contribution in [3.8, 4) is 0 Å². The van der Waals surface area contributed by atoms with Crippen LogP contribution in [-0.4, -0.2) is 25.3 Å². The van der Waals surface area contributed by atoms with E-state index in [1.165, 1.54) is 44.9 Å². The molecule has 2 nitrogen and oxygen atoms in total. The maximum atomic E-state index is 6.08. The van der Waals surface area contributed by atoms with E-state index in [9.17, 15) is 0 Å².